The number of aromatic nitrogens is 4. The Morgan fingerprint density at radius 2 is 2.12 bits per heavy atom. The Bertz CT molecular complexity index is 969. The van der Waals surface area contributed by atoms with Crippen LogP contribution in [0.15, 0.2) is 23.0 Å². The first-order valence-corrected chi connectivity index (χ1v) is 8.35. The van der Waals surface area contributed by atoms with Gasteiger partial charge < -0.3 is 9.09 Å². The molecule has 0 atom stereocenters. The number of halogens is 2. The van der Waals surface area contributed by atoms with Gasteiger partial charge in [-0.05, 0) is 38.7 Å². The monoisotopic (exact) mass is 348 g/mol. The van der Waals surface area contributed by atoms with Gasteiger partial charge in [0, 0.05) is 25.5 Å². The highest BCUT2D eigenvalue weighted by Crippen LogP contribution is 2.37. The Kier molecular flexibility index (Phi) is 3.28. The zero-order valence-corrected chi connectivity index (χ0v) is 14.1. The van der Waals surface area contributed by atoms with Crippen LogP contribution in [0.3, 0.4) is 0 Å². The van der Waals surface area contributed by atoms with Crippen LogP contribution in [-0.2, 0) is 6.50 Å². The molecule has 0 aromatic carbocycles. The molecule has 0 spiro atoms. The minimum Gasteiger partial charge on any atom is -0.361 e. The Balaban J connectivity index is 1.75. The van der Waals surface area contributed by atoms with E-state index >= 15 is 0 Å². The Morgan fingerprint density at radius 3 is 2.80 bits per heavy atom. The lowest BCUT2D eigenvalue weighted by molar-refractivity contribution is -0.0472. The molecule has 7 heteroatoms. The van der Waals surface area contributed by atoms with Crippen LogP contribution >= 0.6 is 0 Å². The topological polar surface area (TPSA) is 56.7 Å². The third kappa shape index (κ3) is 3.03. The molecule has 1 aliphatic carbocycles. The van der Waals surface area contributed by atoms with E-state index in [4.69, 9.17) is 7.26 Å². The first kappa shape index (κ1) is 13.9. The number of alkyl halides is 2. The quantitative estimate of drug-likeness (QED) is 0.698. The van der Waals surface area contributed by atoms with E-state index in [1.165, 1.54) is 4.57 Å². The van der Waals surface area contributed by atoms with Crippen molar-refractivity contribution < 1.29 is 16.0 Å². The predicted octanol–water partition coefficient (Wildman–Crippen LogP) is 4.53. The van der Waals surface area contributed by atoms with Crippen molar-refractivity contribution in [3.8, 4) is 11.3 Å². The lowest BCUT2D eigenvalue weighted by Crippen LogP contribution is -2.26. The van der Waals surface area contributed by atoms with Gasteiger partial charge in [-0.3, -0.25) is 4.98 Å². The van der Waals surface area contributed by atoms with Crippen molar-refractivity contribution in [2.45, 2.75) is 52.0 Å². The summed E-state index contributed by atoms with van der Waals surface area (Å²) in [6.07, 6.45) is 2.90. The molecule has 0 radical (unpaired) electrons. The fourth-order valence-electron chi connectivity index (χ4n) is 3.34. The fourth-order valence-corrected chi connectivity index (χ4v) is 3.34. The predicted molar refractivity (Wildman–Crippen MR) is 89.4 cm³/mol. The molecule has 3 heterocycles. The summed E-state index contributed by atoms with van der Waals surface area (Å²) in [5.41, 5.74) is 2.89. The number of fused-ring (bicyclic) bond motifs is 1. The highest BCUT2D eigenvalue weighted by molar-refractivity contribution is 5.75. The van der Waals surface area contributed by atoms with Crippen molar-refractivity contribution in [2.75, 3.05) is 0 Å². The van der Waals surface area contributed by atoms with Gasteiger partial charge in [-0.25, -0.2) is 13.8 Å². The van der Waals surface area contributed by atoms with Gasteiger partial charge in [0.1, 0.15) is 11.3 Å². The number of hydrogen-bond acceptors (Lipinski definition) is 4. The molecule has 0 unspecified atom stereocenters. The summed E-state index contributed by atoms with van der Waals surface area (Å²) in [7, 11) is 0. The standard InChI is InChI=1S/C18H20F2N4O/c1-11-16(12(2)25-23-11)15-9-21-14-5-8-24(17(14)22-15)10-13-3-6-18(19,20)7-4-13/h5,8-9,13H,3-4,6-7,10H2,1-2H3/i10D2. The van der Waals surface area contributed by atoms with Gasteiger partial charge in [-0.15, -0.1) is 0 Å². The third-order valence-corrected chi connectivity index (χ3v) is 4.72. The van der Waals surface area contributed by atoms with Gasteiger partial charge in [0.2, 0.25) is 5.92 Å². The van der Waals surface area contributed by atoms with Gasteiger partial charge in [0.25, 0.3) is 0 Å². The second-order valence-corrected chi connectivity index (χ2v) is 6.61. The Morgan fingerprint density at radius 1 is 1.36 bits per heavy atom. The summed E-state index contributed by atoms with van der Waals surface area (Å²) in [4.78, 5) is 8.98. The molecule has 5 nitrogen and oxygen atoms in total. The summed E-state index contributed by atoms with van der Waals surface area (Å²) < 4.78 is 50.8. The van der Waals surface area contributed by atoms with Crippen molar-refractivity contribution >= 4 is 11.2 Å². The molecule has 0 bridgehead atoms. The molecule has 1 aliphatic rings. The number of rotatable bonds is 3. The van der Waals surface area contributed by atoms with Crippen LogP contribution in [0.1, 0.15) is 39.9 Å². The molecule has 1 fully saturated rings. The highest BCUT2D eigenvalue weighted by Gasteiger charge is 2.35. The molecule has 0 amide bonds. The smallest absolute Gasteiger partial charge is 0.248 e. The maximum atomic E-state index is 13.5. The molecule has 3 aromatic heterocycles. The van der Waals surface area contributed by atoms with E-state index in [1.807, 2.05) is 0 Å². The van der Waals surface area contributed by atoms with Gasteiger partial charge in [0.05, 0.1) is 25.9 Å². The van der Waals surface area contributed by atoms with Gasteiger partial charge in [-0.2, -0.15) is 0 Å². The summed E-state index contributed by atoms with van der Waals surface area (Å²) in [5, 5.41) is 3.92. The van der Waals surface area contributed by atoms with Crippen LogP contribution in [0, 0.1) is 19.8 Å². The lowest BCUT2D eigenvalue weighted by atomic mass is 9.87. The van der Waals surface area contributed by atoms with E-state index < -0.39 is 18.3 Å². The molecule has 4 rings (SSSR count). The molecular weight excluding hydrogens is 326 g/mol. The number of nitrogens with zero attached hydrogens (tertiary/aromatic N) is 4. The number of hydrogen-bond donors (Lipinski definition) is 0. The molecule has 0 N–H and O–H groups in total. The van der Waals surface area contributed by atoms with Crippen LogP contribution in [0.25, 0.3) is 22.4 Å². The Labute approximate surface area is 146 Å². The third-order valence-electron chi connectivity index (χ3n) is 4.72. The van der Waals surface area contributed by atoms with Gasteiger partial charge >= 0.3 is 0 Å². The lowest BCUT2D eigenvalue weighted by Gasteiger charge is -2.28. The van der Waals surface area contributed by atoms with Crippen molar-refractivity contribution in [3.05, 3.63) is 29.9 Å². The van der Waals surface area contributed by atoms with E-state index in [-0.39, 0.29) is 25.7 Å². The molecule has 132 valence electrons. The van der Waals surface area contributed by atoms with Crippen molar-refractivity contribution in [2.24, 2.45) is 5.92 Å². The molecule has 25 heavy (non-hydrogen) atoms. The second kappa shape index (κ2) is 5.89. The van der Waals surface area contributed by atoms with Crippen LogP contribution in [0.2, 0.25) is 0 Å². The van der Waals surface area contributed by atoms with E-state index in [0.29, 0.717) is 28.3 Å². The summed E-state index contributed by atoms with van der Waals surface area (Å²) in [6, 6.07) is 1.69. The van der Waals surface area contributed by atoms with Gasteiger partial charge in [0.15, 0.2) is 5.65 Å². The van der Waals surface area contributed by atoms with Crippen molar-refractivity contribution in [1.29, 1.82) is 0 Å². The molecule has 3 aromatic rings. The van der Waals surface area contributed by atoms with Crippen LogP contribution in [-0.4, -0.2) is 25.6 Å². The average Bonchev–Trinajstić information content (AvgIpc) is 3.17. The van der Waals surface area contributed by atoms with E-state index in [9.17, 15) is 8.78 Å². The first-order chi connectivity index (χ1) is 12.7. The largest absolute Gasteiger partial charge is 0.361 e. The van der Waals surface area contributed by atoms with Crippen LogP contribution in [0.4, 0.5) is 8.78 Å². The Hall–Kier alpha value is -2.31. The van der Waals surface area contributed by atoms with E-state index in [2.05, 4.69) is 15.1 Å². The maximum Gasteiger partial charge on any atom is 0.248 e. The number of aryl methyl sites for hydroxylation is 2. The second-order valence-electron chi connectivity index (χ2n) is 6.61. The van der Waals surface area contributed by atoms with Gasteiger partial charge in [-0.1, -0.05) is 5.16 Å². The van der Waals surface area contributed by atoms with Crippen LogP contribution < -0.4 is 0 Å². The fraction of sp³-hybridized carbons (Fsp3) is 0.500. The normalized spacial score (nSPS) is 19.8. The minimum atomic E-state index is -2.69. The summed E-state index contributed by atoms with van der Waals surface area (Å²) >= 11 is 0. The molecule has 1 saturated carbocycles. The summed E-state index contributed by atoms with van der Waals surface area (Å²) in [5.74, 6) is -2.59. The van der Waals surface area contributed by atoms with Crippen molar-refractivity contribution in [3.63, 3.8) is 0 Å². The summed E-state index contributed by atoms with van der Waals surface area (Å²) in [6.45, 7) is 1.75. The average molecular weight is 348 g/mol. The van der Waals surface area contributed by atoms with E-state index in [1.54, 1.807) is 32.3 Å². The molecular formula is C18H20F2N4O. The van der Waals surface area contributed by atoms with Crippen molar-refractivity contribution in [1.82, 2.24) is 19.7 Å². The minimum absolute atomic E-state index is 0.136. The van der Waals surface area contributed by atoms with Crippen LogP contribution in [0.5, 0.6) is 0 Å². The highest BCUT2D eigenvalue weighted by atomic mass is 19.3. The molecule has 0 aliphatic heterocycles. The zero-order chi connectivity index (χ0) is 19.4. The van der Waals surface area contributed by atoms with E-state index in [0.717, 1.165) is 5.56 Å². The first-order valence-electron chi connectivity index (χ1n) is 9.35. The SMILES string of the molecule is [2H]C([2H])(C1CCC(F)(F)CC1)n1ccc2ncc(-c3c(C)noc3C)nc21. The zero-order valence-electron chi connectivity index (χ0n) is 16.1. The maximum absolute atomic E-state index is 13.5. The molecule has 0 saturated heterocycles.